The molecule has 3 heteroatoms. The Bertz CT molecular complexity index is 402. The van der Waals surface area contributed by atoms with Crippen LogP contribution in [0.1, 0.15) is 38.7 Å². The second-order valence-corrected chi connectivity index (χ2v) is 6.30. The van der Waals surface area contributed by atoms with E-state index in [0.717, 1.165) is 25.6 Å². The van der Waals surface area contributed by atoms with Crippen molar-refractivity contribution in [3.63, 3.8) is 0 Å². The van der Waals surface area contributed by atoms with E-state index >= 15 is 0 Å². The molecule has 1 aliphatic rings. The molecule has 0 spiro atoms. The quantitative estimate of drug-likeness (QED) is 0.771. The minimum atomic E-state index is 0.937. The maximum atomic E-state index is 3.71. The van der Waals surface area contributed by atoms with Crippen LogP contribution in [0, 0.1) is 5.92 Å². The van der Waals surface area contributed by atoms with Gasteiger partial charge in [0.1, 0.15) is 0 Å². The number of nitrogens with zero attached hydrogens (tertiary/aromatic N) is 1. The summed E-state index contributed by atoms with van der Waals surface area (Å²) in [4.78, 5) is 2.54. The number of rotatable bonds is 8. The second-order valence-electron chi connectivity index (χ2n) is 5.45. The van der Waals surface area contributed by atoms with Gasteiger partial charge in [-0.25, -0.2) is 0 Å². The highest BCUT2D eigenvalue weighted by molar-refractivity contribution is 9.10. The maximum Gasteiger partial charge on any atom is 0.0377 e. The second kappa shape index (κ2) is 7.30. The summed E-state index contributed by atoms with van der Waals surface area (Å²) in [5.41, 5.74) is 2.70. The summed E-state index contributed by atoms with van der Waals surface area (Å²) in [6.07, 6.45) is 4.04. The predicted molar refractivity (Wildman–Crippen MR) is 86.8 cm³/mol. The third-order valence-corrected chi connectivity index (χ3v) is 4.37. The molecule has 1 aromatic carbocycles. The highest BCUT2D eigenvalue weighted by Crippen LogP contribution is 2.32. The fourth-order valence-corrected chi connectivity index (χ4v) is 2.85. The summed E-state index contributed by atoms with van der Waals surface area (Å²) < 4.78 is 1.22. The molecule has 1 saturated carbocycles. The summed E-state index contributed by atoms with van der Waals surface area (Å²) in [6, 6.07) is 6.80. The molecule has 0 bridgehead atoms. The van der Waals surface area contributed by atoms with Gasteiger partial charge >= 0.3 is 0 Å². The van der Waals surface area contributed by atoms with E-state index in [2.05, 4.69) is 58.2 Å². The van der Waals surface area contributed by atoms with Crippen LogP contribution in [-0.4, -0.2) is 19.6 Å². The highest BCUT2D eigenvalue weighted by Gasteiger charge is 2.24. The van der Waals surface area contributed by atoms with Gasteiger partial charge in [-0.1, -0.05) is 35.8 Å². The molecule has 0 aliphatic heterocycles. The molecule has 0 heterocycles. The molecule has 0 radical (unpaired) electrons. The lowest BCUT2D eigenvalue weighted by Crippen LogP contribution is -2.26. The zero-order chi connectivity index (χ0) is 13.7. The van der Waals surface area contributed by atoms with Crippen LogP contribution in [0.25, 0.3) is 0 Å². The Morgan fingerprint density at radius 3 is 2.68 bits per heavy atom. The molecule has 1 fully saturated rings. The SMILES string of the molecule is CCCN(CC1CC1)c1ccc(CNCC)c(Br)c1. The first-order chi connectivity index (χ1) is 9.24. The Balaban J connectivity index is 2.06. The molecule has 0 amide bonds. The number of hydrogen-bond acceptors (Lipinski definition) is 2. The van der Waals surface area contributed by atoms with E-state index in [9.17, 15) is 0 Å². The first-order valence-corrected chi connectivity index (χ1v) is 8.28. The predicted octanol–water partition coefficient (Wildman–Crippen LogP) is 4.19. The molecule has 0 aromatic heterocycles. The van der Waals surface area contributed by atoms with Gasteiger partial charge in [-0.05, 0) is 49.4 Å². The maximum absolute atomic E-state index is 3.71. The molecule has 2 rings (SSSR count). The molecule has 1 N–H and O–H groups in total. The van der Waals surface area contributed by atoms with Crippen LogP contribution in [0.15, 0.2) is 22.7 Å². The fourth-order valence-electron chi connectivity index (χ4n) is 2.34. The lowest BCUT2D eigenvalue weighted by Gasteiger charge is -2.25. The summed E-state index contributed by atoms with van der Waals surface area (Å²) >= 11 is 3.71. The van der Waals surface area contributed by atoms with E-state index in [1.165, 1.54) is 41.5 Å². The Morgan fingerprint density at radius 2 is 2.11 bits per heavy atom. The van der Waals surface area contributed by atoms with Crippen molar-refractivity contribution in [1.29, 1.82) is 0 Å². The monoisotopic (exact) mass is 324 g/mol. The van der Waals surface area contributed by atoms with Gasteiger partial charge in [-0.3, -0.25) is 0 Å². The molecule has 1 aliphatic carbocycles. The normalized spacial score (nSPS) is 14.7. The molecule has 2 nitrogen and oxygen atoms in total. The largest absolute Gasteiger partial charge is 0.371 e. The molecule has 0 unspecified atom stereocenters. The minimum Gasteiger partial charge on any atom is -0.371 e. The highest BCUT2D eigenvalue weighted by atomic mass is 79.9. The van der Waals surface area contributed by atoms with E-state index in [1.807, 2.05) is 0 Å². The number of hydrogen-bond donors (Lipinski definition) is 1. The number of nitrogens with one attached hydrogen (secondary N) is 1. The molecular formula is C16H25BrN2. The molecule has 0 atom stereocenters. The lowest BCUT2D eigenvalue weighted by atomic mass is 10.1. The molecule has 19 heavy (non-hydrogen) atoms. The Hall–Kier alpha value is -0.540. The first-order valence-electron chi connectivity index (χ1n) is 7.48. The van der Waals surface area contributed by atoms with Crippen LogP contribution in [0.3, 0.4) is 0 Å². The first kappa shape index (κ1) is 14.9. The van der Waals surface area contributed by atoms with Crippen LogP contribution in [0.5, 0.6) is 0 Å². The van der Waals surface area contributed by atoms with Gasteiger partial charge in [-0.2, -0.15) is 0 Å². The van der Waals surface area contributed by atoms with Crippen molar-refractivity contribution in [3.8, 4) is 0 Å². The smallest absolute Gasteiger partial charge is 0.0377 e. The Kier molecular flexibility index (Phi) is 5.71. The molecule has 0 saturated heterocycles. The van der Waals surface area contributed by atoms with Gasteiger partial charge in [0.2, 0.25) is 0 Å². The van der Waals surface area contributed by atoms with Crippen LogP contribution in [0.4, 0.5) is 5.69 Å². The summed E-state index contributed by atoms with van der Waals surface area (Å²) in [5, 5.41) is 3.38. The topological polar surface area (TPSA) is 15.3 Å². The summed E-state index contributed by atoms with van der Waals surface area (Å²) in [7, 11) is 0. The fraction of sp³-hybridized carbons (Fsp3) is 0.625. The van der Waals surface area contributed by atoms with E-state index < -0.39 is 0 Å². The van der Waals surface area contributed by atoms with Gasteiger partial charge < -0.3 is 10.2 Å². The third kappa shape index (κ3) is 4.50. The van der Waals surface area contributed by atoms with Crippen molar-refractivity contribution >= 4 is 21.6 Å². The Morgan fingerprint density at radius 1 is 1.32 bits per heavy atom. The lowest BCUT2D eigenvalue weighted by molar-refractivity contribution is 0.705. The van der Waals surface area contributed by atoms with Gasteiger partial charge in [-0.15, -0.1) is 0 Å². The van der Waals surface area contributed by atoms with Crippen LogP contribution >= 0.6 is 15.9 Å². The van der Waals surface area contributed by atoms with Crippen LogP contribution in [0.2, 0.25) is 0 Å². The van der Waals surface area contributed by atoms with Crippen molar-refractivity contribution < 1.29 is 0 Å². The van der Waals surface area contributed by atoms with E-state index in [-0.39, 0.29) is 0 Å². The van der Waals surface area contributed by atoms with Gasteiger partial charge in [0.15, 0.2) is 0 Å². The Labute approximate surface area is 125 Å². The van der Waals surface area contributed by atoms with Crippen molar-refractivity contribution in [2.75, 3.05) is 24.5 Å². The average molecular weight is 325 g/mol. The number of anilines is 1. The average Bonchev–Trinajstić information content (AvgIpc) is 3.21. The van der Waals surface area contributed by atoms with Crippen LogP contribution < -0.4 is 10.2 Å². The van der Waals surface area contributed by atoms with Gasteiger partial charge in [0.05, 0.1) is 0 Å². The zero-order valence-electron chi connectivity index (χ0n) is 12.1. The van der Waals surface area contributed by atoms with E-state index in [0.29, 0.717) is 0 Å². The number of benzene rings is 1. The summed E-state index contributed by atoms with van der Waals surface area (Å²) in [6.45, 7) is 8.74. The summed E-state index contributed by atoms with van der Waals surface area (Å²) in [5.74, 6) is 0.937. The van der Waals surface area contributed by atoms with E-state index in [4.69, 9.17) is 0 Å². The zero-order valence-corrected chi connectivity index (χ0v) is 13.7. The van der Waals surface area contributed by atoms with Crippen molar-refractivity contribution in [2.45, 2.75) is 39.7 Å². The minimum absolute atomic E-state index is 0.937. The van der Waals surface area contributed by atoms with Gasteiger partial charge in [0, 0.05) is 29.8 Å². The van der Waals surface area contributed by atoms with Crippen molar-refractivity contribution in [1.82, 2.24) is 5.32 Å². The molecule has 1 aromatic rings. The van der Waals surface area contributed by atoms with E-state index in [1.54, 1.807) is 0 Å². The molecule has 106 valence electrons. The van der Waals surface area contributed by atoms with Crippen LogP contribution in [-0.2, 0) is 6.54 Å². The van der Waals surface area contributed by atoms with Gasteiger partial charge in [0.25, 0.3) is 0 Å². The standard InChI is InChI=1S/C16H25BrN2/c1-3-9-19(12-13-5-6-13)15-8-7-14(11-18-4-2)16(17)10-15/h7-8,10,13,18H,3-6,9,11-12H2,1-2H3. The number of halogens is 1. The van der Waals surface area contributed by atoms with Crippen molar-refractivity contribution in [3.05, 3.63) is 28.2 Å². The molecular weight excluding hydrogens is 300 g/mol. The van der Waals surface area contributed by atoms with Crippen molar-refractivity contribution in [2.24, 2.45) is 5.92 Å². The third-order valence-electron chi connectivity index (χ3n) is 3.64.